The first-order chi connectivity index (χ1) is 9.20. The minimum Gasteiger partial charge on any atom is -0.379 e. The summed E-state index contributed by atoms with van der Waals surface area (Å²) in [6, 6.07) is 10.3. The summed E-state index contributed by atoms with van der Waals surface area (Å²) in [4.78, 5) is 0. The molecule has 1 N–H and O–H groups in total. The molecule has 0 heterocycles. The SMILES string of the molecule is CC(C)OCCCNCCOC(C)c1ccccc1. The van der Waals surface area contributed by atoms with Crippen molar-refractivity contribution in [3.8, 4) is 0 Å². The number of nitrogens with one attached hydrogen (secondary N) is 1. The highest BCUT2D eigenvalue weighted by Crippen LogP contribution is 2.14. The summed E-state index contributed by atoms with van der Waals surface area (Å²) in [6.07, 6.45) is 1.54. The largest absolute Gasteiger partial charge is 0.379 e. The second-order valence-electron chi connectivity index (χ2n) is 4.95. The molecule has 0 aliphatic rings. The molecular formula is C16H27NO2. The Morgan fingerprint density at radius 1 is 0.947 bits per heavy atom. The first-order valence-electron chi connectivity index (χ1n) is 7.19. The maximum Gasteiger partial charge on any atom is 0.0797 e. The van der Waals surface area contributed by atoms with Crippen LogP contribution in [0.25, 0.3) is 0 Å². The monoisotopic (exact) mass is 265 g/mol. The molecule has 1 rings (SSSR count). The summed E-state index contributed by atoms with van der Waals surface area (Å²) in [5, 5.41) is 3.36. The van der Waals surface area contributed by atoms with Crippen molar-refractivity contribution in [2.24, 2.45) is 0 Å². The lowest BCUT2D eigenvalue weighted by Crippen LogP contribution is -2.22. The standard InChI is InChI=1S/C16H27NO2/c1-14(2)18-12-7-10-17-11-13-19-15(3)16-8-5-4-6-9-16/h4-6,8-9,14-15,17H,7,10-13H2,1-3H3. The summed E-state index contributed by atoms with van der Waals surface area (Å²) in [5.74, 6) is 0. The smallest absolute Gasteiger partial charge is 0.0797 e. The number of hydrogen-bond donors (Lipinski definition) is 1. The second-order valence-corrected chi connectivity index (χ2v) is 4.95. The van der Waals surface area contributed by atoms with Crippen molar-refractivity contribution in [1.82, 2.24) is 5.32 Å². The van der Waals surface area contributed by atoms with Crippen LogP contribution in [0, 0.1) is 0 Å². The highest BCUT2D eigenvalue weighted by atomic mass is 16.5. The van der Waals surface area contributed by atoms with Gasteiger partial charge >= 0.3 is 0 Å². The minimum atomic E-state index is 0.160. The van der Waals surface area contributed by atoms with E-state index < -0.39 is 0 Å². The lowest BCUT2D eigenvalue weighted by molar-refractivity contribution is 0.0645. The van der Waals surface area contributed by atoms with E-state index in [1.807, 2.05) is 18.2 Å². The summed E-state index contributed by atoms with van der Waals surface area (Å²) in [6.45, 7) is 9.64. The fraction of sp³-hybridized carbons (Fsp3) is 0.625. The molecule has 1 aromatic rings. The van der Waals surface area contributed by atoms with Gasteiger partial charge in [0.25, 0.3) is 0 Å². The van der Waals surface area contributed by atoms with Crippen molar-refractivity contribution < 1.29 is 9.47 Å². The zero-order chi connectivity index (χ0) is 13.9. The van der Waals surface area contributed by atoms with Gasteiger partial charge in [0, 0.05) is 13.2 Å². The Balaban J connectivity index is 1.96. The third-order valence-corrected chi connectivity index (χ3v) is 2.86. The Labute approximate surface area is 117 Å². The lowest BCUT2D eigenvalue weighted by atomic mass is 10.1. The lowest BCUT2D eigenvalue weighted by Gasteiger charge is -2.14. The quantitative estimate of drug-likeness (QED) is 0.659. The van der Waals surface area contributed by atoms with Gasteiger partial charge in [-0.15, -0.1) is 0 Å². The fourth-order valence-corrected chi connectivity index (χ4v) is 1.77. The number of ether oxygens (including phenoxy) is 2. The predicted octanol–water partition coefficient (Wildman–Crippen LogP) is 3.17. The Bertz CT molecular complexity index is 314. The van der Waals surface area contributed by atoms with Gasteiger partial charge in [-0.05, 0) is 39.3 Å². The maximum absolute atomic E-state index is 5.78. The molecule has 0 aromatic heterocycles. The molecule has 19 heavy (non-hydrogen) atoms. The minimum absolute atomic E-state index is 0.160. The topological polar surface area (TPSA) is 30.5 Å². The van der Waals surface area contributed by atoms with Crippen LogP contribution < -0.4 is 5.32 Å². The van der Waals surface area contributed by atoms with Crippen LogP contribution in [-0.2, 0) is 9.47 Å². The van der Waals surface area contributed by atoms with Crippen LogP contribution in [0.5, 0.6) is 0 Å². The van der Waals surface area contributed by atoms with Crippen LogP contribution in [0.2, 0.25) is 0 Å². The Morgan fingerprint density at radius 2 is 1.68 bits per heavy atom. The normalized spacial score (nSPS) is 12.8. The first kappa shape index (κ1) is 16.2. The summed E-state index contributed by atoms with van der Waals surface area (Å²) >= 11 is 0. The van der Waals surface area contributed by atoms with Crippen molar-refractivity contribution in [3.63, 3.8) is 0 Å². The van der Waals surface area contributed by atoms with Crippen molar-refractivity contribution in [1.29, 1.82) is 0 Å². The Kier molecular flexibility index (Phi) is 8.47. The highest BCUT2D eigenvalue weighted by molar-refractivity contribution is 5.16. The molecule has 108 valence electrons. The van der Waals surface area contributed by atoms with Crippen LogP contribution >= 0.6 is 0 Å². The summed E-state index contributed by atoms with van der Waals surface area (Å²) in [5.41, 5.74) is 1.23. The molecule has 1 aromatic carbocycles. The predicted molar refractivity (Wildman–Crippen MR) is 79.4 cm³/mol. The Morgan fingerprint density at radius 3 is 2.37 bits per heavy atom. The van der Waals surface area contributed by atoms with Gasteiger partial charge in [0.15, 0.2) is 0 Å². The van der Waals surface area contributed by atoms with Gasteiger partial charge in [-0.2, -0.15) is 0 Å². The van der Waals surface area contributed by atoms with E-state index in [0.29, 0.717) is 6.10 Å². The average Bonchev–Trinajstić information content (AvgIpc) is 2.42. The third kappa shape index (κ3) is 7.98. The number of rotatable bonds is 10. The van der Waals surface area contributed by atoms with E-state index in [-0.39, 0.29) is 6.10 Å². The maximum atomic E-state index is 5.78. The fourth-order valence-electron chi connectivity index (χ4n) is 1.77. The van der Waals surface area contributed by atoms with Crippen LogP contribution in [0.3, 0.4) is 0 Å². The van der Waals surface area contributed by atoms with Crippen LogP contribution in [0.4, 0.5) is 0 Å². The van der Waals surface area contributed by atoms with E-state index in [1.165, 1.54) is 5.56 Å². The van der Waals surface area contributed by atoms with E-state index in [0.717, 1.165) is 32.7 Å². The molecular weight excluding hydrogens is 238 g/mol. The molecule has 0 bridgehead atoms. The summed E-state index contributed by atoms with van der Waals surface area (Å²) in [7, 11) is 0. The summed E-state index contributed by atoms with van der Waals surface area (Å²) < 4.78 is 11.3. The molecule has 0 amide bonds. The van der Waals surface area contributed by atoms with Gasteiger partial charge < -0.3 is 14.8 Å². The van der Waals surface area contributed by atoms with E-state index in [2.05, 4.69) is 38.2 Å². The molecule has 0 saturated carbocycles. The molecule has 3 nitrogen and oxygen atoms in total. The van der Waals surface area contributed by atoms with E-state index in [9.17, 15) is 0 Å². The van der Waals surface area contributed by atoms with Gasteiger partial charge in [-0.1, -0.05) is 30.3 Å². The molecule has 0 aliphatic heterocycles. The first-order valence-corrected chi connectivity index (χ1v) is 7.19. The van der Waals surface area contributed by atoms with Crippen LogP contribution in [0.1, 0.15) is 38.9 Å². The van der Waals surface area contributed by atoms with Gasteiger partial charge in [-0.25, -0.2) is 0 Å². The number of benzene rings is 1. The van der Waals surface area contributed by atoms with Crippen molar-refractivity contribution in [3.05, 3.63) is 35.9 Å². The van der Waals surface area contributed by atoms with Crippen molar-refractivity contribution in [2.45, 2.75) is 39.4 Å². The Hall–Kier alpha value is -0.900. The van der Waals surface area contributed by atoms with Crippen LogP contribution in [-0.4, -0.2) is 32.4 Å². The second kappa shape index (κ2) is 9.96. The van der Waals surface area contributed by atoms with E-state index >= 15 is 0 Å². The molecule has 1 unspecified atom stereocenters. The van der Waals surface area contributed by atoms with E-state index in [4.69, 9.17) is 9.47 Å². The zero-order valence-corrected chi connectivity index (χ0v) is 12.4. The van der Waals surface area contributed by atoms with Gasteiger partial charge in [0.1, 0.15) is 0 Å². The zero-order valence-electron chi connectivity index (χ0n) is 12.4. The molecule has 0 radical (unpaired) electrons. The molecule has 0 spiro atoms. The van der Waals surface area contributed by atoms with Crippen molar-refractivity contribution >= 4 is 0 Å². The number of hydrogen-bond acceptors (Lipinski definition) is 3. The van der Waals surface area contributed by atoms with Crippen LogP contribution in [0.15, 0.2) is 30.3 Å². The molecule has 0 fully saturated rings. The van der Waals surface area contributed by atoms with Gasteiger partial charge in [-0.3, -0.25) is 0 Å². The van der Waals surface area contributed by atoms with Gasteiger partial charge in [0.05, 0.1) is 18.8 Å². The third-order valence-electron chi connectivity index (χ3n) is 2.86. The van der Waals surface area contributed by atoms with Gasteiger partial charge in [0.2, 0.25) is 0 Å². The average molecular weight is 265 g/mol. The van der Waals surface area contributed by atoms with Crippen molar-refractivity contribution in [2.75, 3.05) is 26.3 Å². The van der Waals surface area contributed by atoms with E-state index in [1.54, 1.807) is 0 Å². The molecule has 0 saturated heterocycles. The highest BCUT2D eigenvalue weighted by Gasteiger charge is 2.03. The molecule has 3 heteroatoms. The molecule has 1 atom stereocenters. The molecule has 0 aliphatic carbocycles.